The summed E-state index contributed by atoms with van der Waals surface area (Å²) in [7, 11) is 1.67. The maximum absolute atomic E-state index is 11.8. The van der Waals surface area contributed by atoms with Gasteiger partial charge in [0.25, 0.3) is 0 Å². The van der Waals surface area contributed by atoms with Crippen molar-refractivity contribution in [2.24, 2.45) is 4.99 Å². The number of hydrazine groups is 1. The van der Waals surface area contributed by atoms with Gasteiger partial charge in [0.2, 0.25) is 5.91 Å². The van der Waals surface area contributed by atoms with E-state index in [1.807, 2.05) is 19.1 Å². The Morgan fingerprint density at radius 2 is 2.15 bits per heavy atom. The Morgan fingerprint density at radius 3 is 2.85 bits per heavy atom. The van der Waals surface area contributed by atoms with Gasteiger partial charge in [0.1, 0.15) is 11.6 Å². The van der Waals surface area contributed by atoms with Crippen LogP contribution in [0.5, 0.6) is 5.75 Å². The molecule has 2 aliphatic heterocycles. The van der Waals surface area contributed by atoms with Gasteiger partial charge in [-0.3, -0.25) is 4.79 Å². The van der Waals surface area contributed by atoms with Crippen LogP contribution in [0.3, 0.4) is 0 Å². The van der Waals surface area contributed by atoms with E-state index in [2.05, 4.69) is 23.4 Å². The van der Waals surface area contributed by atoms with E-state index in [1.54, 1.807) is 13.3 Å². The Balaban J connectivity index is 1.98. The molecular weight excluding hydrogens is 254 g/mol. The Morgan fingerprint density at radius 1 is 1.35 bits per heavy atom. The third kappa shape index (κ3) is 2.00. The molecule has 0 saturated carbocycles. The van der Waals surface area contributed by atoms with Crippen molar-refractivity contribution in [2.75, 3.05) is 7.11 Å². The molecule has 0 aromatic heterocycles. The number of aryl methyl sites for hydroxylation is 2. The van der Waals surface area contributed by atoms with E-state index in [1.165, 1.54) is 5.01 Å². The molecule has 1 atom stereocenters. The number of benzene rings is 1. The average Bonchev–Trinajstić information content (AvgIpc) is 2.84. The summed E-state index contributed by atoms with van der Waals surface area (Å²) in [5.41, 5.74) is 6.55. The van der Waals surface area contributed by atoms with Crippen LogP contribution < -0.4 is 10.2 Å². The van der Waals surface area contributed by atoms with Gasteiger partial charge in [-0.15, -0.1) is 0 Å². The minimum Gasteiger partial charge on any atom is -0.496 e. The fourth-order valence-electron chi connectivity index (χ4n) is 2.64. The molecule has 0 bridgehead atoms. The number of nitrogens with one attached hydrogen (secondary N) is 1. The molecule has 0 radical (unpaired) electrons. The maximum Gasteiger partial charge on any atom is 0.248 e. The van der Waals surface area contributed by atoms with Gasteiger partial charge >= 0.3 is 0 Å². The summed E-state index contributed by atoms with van der Waals surface area (Å²) < 4.78 is 5.38. The summed E-state index contributed by atoms with van der Waals surface area (Å²) in [4.78, 5) is 16.1. The number of ether oxygens (including phenoxy) is 1. The van der Waals surface area contributed by atoms with Crippen molar-refractivity contribution >= 4 is 12.1 Å². The summed E-state index contributed by atoms with van der Waals surface area (Å²) in [5.74, 6) is 1.54. The predicted molar refractivity (Wildman–Crippen MR) is 76.4 cm³/mol. The van der Waals surface area contributed by atoms with E-state index in [9.17, 15) is 4.79 Å². The van der Waals surface area contributed by atoms with Crippen LogP contribution in [0.4, 0.5) is 0 Å². The second kappa shape index (κ2) is 4.76. The number of nitrogens with zero attached hydrogens (tertiary/aromatic N) is 2. The van der Waals surface area contributed by atoms with Gasteiger partial charge in [-0.05, 0) is 42.7 Å². The molecule has 2 aliphatic rings. The van der Waals surface area contributed by atoms with E-state index >= 15 is 0 Å². The van der Waals surface area contributed by atoms with Crippen LogP contribution in [0.2, 0.25) is 0 Å². The number of aliphatic imine (C=N–C) groups is 1. The summed E-state index contributed by atoms with van der Waals surface area (Å²) in [6, 6.07) is 4.06. The van der Waals surface area contributed by atoms with E-state index in [4.69, 9.17) is 4.74 Å². The van der Waals surface area contributed by atoms with Crippen LogP contribution in [0, 0.1) is 13.8 Å². The topological polar surface area (TPSA) is 53.9 Å². The highest BCUT2D eigenvalue weighted by Gasteiger charge is 2.31. The largest absolute Gasteiger partial charge is 0.496 e. The molecule has 1 unspecified atom stereocenters. The molecule has 20 heavy (non-hydrogen) atoms. The number of amides is 1. The van der Waals surface area contributed by atoms with Gasteiger partial charge in [-0.1, -0.05) is 6.07 Å². The van der Waals surface area contributed by atoms with E-state index in [-0.39, 0.29) is 11.9 Å². The van der Waals surface area contributed by atoms with Gasteiger partial charge < -0.3 is 4.74 Å². The van der Waals surface area contributed by atoms with Crippen LogP contribution in [0.25, 0.3) is 0 Å². The van der Waals surface area contributed by atoms with Crippen molar-refractivity contribution in [1.82, 2.24) is 10.4 Å². The summed E-state index contributed by atoms with van der Waals surface area (Å²) in [5, 5.41) is 1.52. The number of methoxy groups -OCH3 is 1. The third-order valence-electron chi connectivity index (χ3n) is 3.67. The highest BCUT2D eigenvalue weighted by Crippen LogP contribution is 2.32. The molecule has 1 aromatic carbocycles. The Bertz CT molecular complexity index is 634. The molecule has 3 rings (SSSR count). The smallest absolute Gasteiger partial charge is 0.248 e. The van der Waals surface area contributed by atoms with E-state index in [0.29, 0.717) is 12.2 Å². The van der Waals surface area contributed by atoms with E-state index in [0.717, 1.165) is 22.4 Å². The second-order valence-electron chi connectivity index (χ2n) is 5.05. The molecule has 0 spiro atoms. The second-order valence-corrected chi connectivity index (χ2v) is 5.05. The first-order valence-corrected chi connectivity index (χ1v) is 6.58. The summed E-state index contributed by atoms with van der Waals surface area (Å²) >= 11 is 0. The summed E-state index contributed by atoms with van der Waals surface area (Å²) in [6.45, 7) is 4.08. The molecular formula is C15H17N3O2. The first kappa shape index (κ1) is 12.9. The number of fused-ring (bicyclic) bond motifs is 1. The number of hydrogen-bond acceptors (Lipinski definition) is 4. The van der Waals surface area contributed by atoms with Gasteiger partial charge in [0.05, 0.1) is 19.6 Å². The highest BCUT2D eigenvalue weighted by molar-refractivity contribution is 5.93. The van der Waals surface area contributed by atoms with Crippen molar-refractivity contribution in [2.45, 2.75) is 26.3 Å². The molecule has 0 fully saturated rings. The maximum atomic E-state index is 11.8. The molecule has 1 N–H and O–H groups in total. The molecule has 5 heteroatoms. The number of carbonyl (C=O) groups is 1. The monoisotopic (exact) mass is 271 g/mol. The van der Waals surface area contributed by atoms with Crippen LogP contribution in [0.15, 0.2) is 29.0 Å². The predicted octanol–water partition coefficient (Wildman–Crippen LogP) is 2.02. The van der Waals surface area contributed by atoms with Crippen LogP contribution >= 0.6 is 0 Å². The van der Waals surface area contributed by atoms with E-state index < -0.39 is 0 Å². The zero-order valence-corrected chi connectivity index (χ0v) is 11.8. The quantitative estimate of drug-likeness (QED) is 0.895. The van der Waals surface area contributed by atoms with Crippen molar-refractivity contribution in [3.8, 4) is 5.75 Å². The minimum atomic E-state index is -0.0568. The summed E-state index contributed by atoms with van der Waals surface area (Å²) in [6.07, 6.45) is 3.95. The number of hydrogen-bond donors (Lipinski definition) is 1. The SMILES string of the molecule is COc1cc(C2C=C3N=CCC(=O)N3N2)c(C)cc1C. The number of carbonyl (C=O) groups excluding carboxylic acids is 1. The fraction of sp³-hybridized carbons (Fsp3) is 0.333. The van der Waals surface area contributed by atoms with Crippen molar-refractivity contribution in [3.63, 3.8) is 0 Å². The van der Waals surface area contributed by atoms with Crippen LogP contribution in [-0.4, -0.2) is 24.2 Å². The lowest BCUT2D eigenvalue weighted by atomic mass is 9.99. The Labute approximate surface area is 117 Å². The minimum absolute atomic E-state index is 0.0190. The first-order chi connectivity index (χ1) is 9.60. The molecule has 0 saturated heterocycles. The molecule has 1 aromatic rings. The van der Waals surface area contributed by atoms with Gasteiger partial charge in [-0.2, -0.15) is 0 Å². The molecule has 104 valence electrons. The van der Waals surface area contributed by atoms with Crippen molar-refractivity contribution in [1.29, 1.82) is 0 Å². The van der Waals surface area contributed by atoms with Gasteiger partial charge in [0.15, 0.2) is 0 Å². The molecule has 2 heterocycles. The standard InChI is InChI=1S/C15H17N3O2/c1-9-6-10(2)13(20-3)7-11(9)12-8-14-16-5-4-15(19)18(14)17-12/h5-8,12,17H,4H2,1-3H3. The third-order valence-corrected chi connectivity index (χ3v) is 3.67. The number of rotatable bonds is 2. The molecule has 0 aliphatic carbocycles. The van der Waals surface area contributed by atoms with Crippen molar-refractivity contribution < 1.29 is 9.53 Å². The lowest BCUT2D eigenvalue weighted by molar-refractivity contribution is -0.130. The van der Waals surface area contributed by atoms with Gasteiger partial charge in [0, 0.05) is 6.21 Å². The normalized spacial score (nSPS) is 20.9. The average molecular weight is 271 g/mol. The lowest BCUT2D eigenvalue weighted by Crippen LogP contribution is -2.40. The van der Waals surface area contributed by atoms with Gasteiger partial charge in [-0.25, -0.2) is 15.4 Å². The zero-order chi connectivity index (χ0) is 14.3. The lowest BCUT2D eigenvalue weighted by Gasteiger charge is -2.22. The first-order valence-electron chi connectivity index (χ1n) is 6.58. The van der Waals surface area contributed by atoms with Crippen LogP contribution in [0.1, 0.15) is 29.2 Å². The molecule has 5 nitrogen and oxygen atoms in total. The van der Waals surface area contributed by atoms with Crippen molar-refractivity contribution in [3.05, 3.63) is 40.7 Å². The molecule has 1 amide bonds. The Kier molecular flexibility index (Phi) is 3.06. The fourth-order valence-corrected chi connectivity index (χ4v) is 2.64. The zero-order valence-electron chi connectivity index (χ0n) is 11.8. The highest BCUT2D eigenvalue weighted by atomic mass is 16.5. The Hall–Kier alpha value is -2.14. The van der Waals surface area contributed by atoms with Crippen LogP contribution in [-0.2, 0) is 4.79 Å².